The Morgan fingerprint density at radius 1 is 1.21 bits per heavy atom. The Morgan fingerprint density at radius 3 is 2.55 bits per heavy atom. The zero-order valence-electron chi connectivity index (χ0n) is 16.5. The molecule has 0 aromatic heterocycles. The molecular formula is C22H26ClFN4O. The van der Waals surface area contributed by atoms with Crippen molar-refractivity contribution in [2.75, 3.05) is 18.4 Å². The first-order chi connectivity index (χ1) is 13.5. The van der Waals surface area contributed by atoms with Crippen LogP contribution in [0, 0.1) is 5.82 Å². The molecule has 3 N–H and O–H groups in total. The predicted octanol–water partition coefficient (Wildman–Crippen LogP) is 3.96. The molecule has 2 aromatic rings. The van der Waals surface area contributed by atoms with E-state index in [4.69, 9.17) is 5.73 Å². The van der Waals surface area contributed by atoms with Gasteiger partial charge >= 0.3 is 0 Å². The third-order valence-electron chi connectivity index (χ3n) is 5.59. The standard InChI is InChI=1S/C22H25FN4O.ClH/c1-2-4-15-7-9-16(10-8-15)21(28)27-13-11-22(12-14-27)25-18-6-3-5-17(23)19(18)20(24)26-22;/h3,5-10,25H,2,4,11-14H2,1H3,(H2,24,26);1H. The molecular weight excluding hydrogens is 391 g/mol. The van der Waals surface area contributed by atoms with Crippen LogP contribution >= 0.6 is 12.4 Å². The number of carbonyl (C=O) groups is 1. The van der Waals surface area contributed by atoms with E-state index in [0.717, 1.165) is 12.8 Å². The zero-order valence-corrected chi connectivity index (χ0v) is 17.3. The number of hydrogen-bond donors (Lipinski definition) is 2. The highest BCUT2D eigenvalue weighted by Gasteiger charge is 2.39. The van der Waals surface area contributed by atoms with E-state index in [9.17, 15) is 9.18 Å². The summed E-state index contributed by atoms with van der Waals surface area (Å²) in [7, 11) is 0. The third kappa shape index (κ3) is 4.08. The molecule has 7 heteroatoms. The highest BCUT2D eigenvalue weighted by Crippen LogP contribution is 2.35. The van der Waals surface area contributed by atoms with Gasteiger partial charge in [0.1, 0.15) is 17.3 Å². The van der Waals surface area contributed by atoms with Crippen molar-refractivity contribution in [1.29, 1.82) is 0 Å². The predicted molar refractivity (Wildman–Crippen MR) is 116 cm³/mol. The maximum absolute atomic E-state index is 14.1. The number of amides is 1. The fraction of sp³-hybridized carbons (Fsp3) is 0.364. The van der Waals surface area contributed by atoms with Gasteiger partial charge in [0, 0.05) is 37.2 Å². The minimum atomic E-state index is -0.577. The van der Waals surface area contributed by atoms with Crippen molar-refractivity contribution in [1.82, 2.24) is 4.90 Å². The zero-order chi connectivity index (χ0) is 19.7. The largest absolute Gasteiger partial charge is 0.383 e. The number of fused-ring (bicyclic) bond motifs is 1. The van der Waals surface area contributed by atoms with E-state index in [1.807, 2.05) is 35.2 Å². The monoisotopic (exact) mass is 416 g/mol. The molecule has 2 aliphatic heterocycles. The quantitative estimate of drug-likeness (QED) is 0.795. The molecule has 0 bridgehead atoms. The second-order valence-electron chi connectivity index (χ2n) is 7.56. The first-order valence-electron chi connectivity index (χ1n) is 9.82. The van der Waals surface area contributed by atoms with Gasteiger partial charge in [-0.05, 0) is 36.2 Å². The molecule has 1 spiro atoms. The molecule has 0 aliphatic carbocycles. The second-order valence-corrected chi connectivity index (χ2v) is 7.56. The molecule has 29 heavy (non-hydrogen) atoms. The Kier molecular flexibility index (Phi) is 6.13. The Hall–Kier alpha value is -2.60. The van der Waals surface area contributed by atoms with Crippen LogP contribution in [0.5, 0.6) is 0 Å². The summed E-state index contributed by atoms with van der Waals surface area (Å²) in [5, 5.41) is 3.36. The summed E-state index contributed by atoms with van der Waals surface area (Å²) in [5.74, 6) is -0.115. The van der Waals surface area contributed by atoms with Gasteiger partial charge in [0.05, 0.1) is 5.56 Å². The fourth-order valence-electron chi connectivity index (χ4n) is 4.06. The van der Waals surface area contributed by atoms with Crippen molar-refractivity contribution < 1.29 is 9.18 Å². The summed E-state index contributed by atoms with van der Waals surface area (Å²) >= 11 is 0. The highest BCUT2D eigenvalue weighted by molar-refractivity contribution is 6.04. The van der Waals surface area contributed by atoms with Crippen molar-refractivity contribution in [3.05, 3.63) is 65.0 Å². The number of halogens is 2. The number of rotatable bonds is 3. The molecule has 154 valence electrons. The molecule has 2 heterocycles. The van der Waals surface area contributed by atoms with Crippen LogP contribution in [0.2, 0.25) is 0 Å². The van der Waals surface area contributed by atoms with E-state index in [-0.39, 0.29) is 30.0 Å². The Morgan fingerprint density at radius 2 is 1.90 bits per heavy atom. The molecule has 2 aliphatic rings. The number of benzene rings is 2. The average molecular weight is 417 g/mol. The van der Waals surface area contributed by atoms with Gasteiger partial charge in [0.25, 0.3) is 5.91 Å². The van der Waals surface area contributed by atoms with E-state index in [0.29, 0.717) is 42.7 Å². The van der Waals surface area contributed by atoms with Gasteiger partial charge in [0.15, 0.2) is 0 Å². The molecule has 1 amide bonds. The second kappa shape index (κ2) is 8.41. The van der Waals surface area contributed by atoms with Crippen LogP contribution in [-0.2, 0) is 6.42 Å². The summed E-state index contributed by atoms with van der Waals surface area (Å²) in [6, 6.07) is 12.7. The molecule has 1 fully saturated rings. The van der Waals surface area contributed by atoms with E-state index in [1.165, 1.54) is 11.6 Å². The Bertz CT molecular complexity index is 921. The van der Waals surface area contributed by atoms with Gasteiger partial charge in [-0.1, -0.05) is 31.5 Å². The maximum atomic E-state index is 14.1. The molecule has 0 atom stereocenters. The van der Waals surface area contributed by atoms with E-state index in [2.05, 4.69) is 17.2 Å². The molecule has 4 rings (SSSR count). The minimum Gasteiger partial charge on any atom is -0.383 e. The lowest BCUT2D eigenvalue weighted by Gasteiger charge is -2.42. The van der Waals surface area contributed by atoms with Gasteiger partial charge in [-0.25, -0.2) is 9.38 Å². The Balaban J connectivity index is 0.00000240. The third-order valence-corrected chi connectivity index (χ3v) is 5.59. The van der Waals surface area contributed by atoms with Crippen LogP contribution in [0.25, 0.3) is 0 Å². The van der Waals surface area contributed by atoms with Gasteiger partial charge in [-0.15, -0.1) is 12.4 Å². The van der Waals surface area contributed by atoms with Crippen molar-refractivity contribution in [2.45, 2.75) is 38.3 Å². The molecule has 5 nitrogen and oxygen atoms in total. The first kappa shape index (κ1) is 21.1. The summed E-state index contributed by atoms with van der Waals surface area (Å²) in [6.45, 7) is 3.29. The number of aliphatic imine (C=N–C) groups is 1. The summed E-state index contributed by atoms with van der Waals surface area (Å²) in [5.41, 5.74) is 8.45. The lowest BCUT2D eigenvalue weighted by atomic mass is 9.93. The summed E-state index contributed by atoms with van der Waals surface area (Å²) in [4.78, 5) is 19.3. The molecule has 2 aromatic carbocycles. The minimum absolute atomic E-state index is 0. The van der Waals surface area contributed by atoms with Crippen molar-refractivity contribution in [3.63, 3.8) is 0 Å². The molecule has 0 radical (unpaired) electrons. The van der Waals surface area contributed by atoms with Crippen LogP contribution in [0.3, 0.4) is 0 Å². The first-order valence-corrected chi connectivity index (χ1v) is 9.82. The van der Waals surface area contributed by atoms with Crippen molar-refractivity contribution in [3.8, 4) is 0 Å². The lowest BCUT2D eigenvalue weighted by Crippen LogP contribution is -2.52. The molecule has 1 saturated heterocycles. The Labute approximate surface area is 176 Å². The van der Waals surface area contributed by atoms with Gasteiger partial charge in [-0.2, -0.15) is 0 Å². The number of amidine groups is 1. The number of likely N-dealkylation sites (tertiary alicyclic amines) is 1. The number of nitrogens with zero attached hydrogens (tertiary/aromatic N) is 2. The van der Waals surface area contributed by atoms with E-state index < -0.39 is 5.66 Å². The number of carbonyl (C=O) groups excluding carboxylic acids is 1. The number of hydrogen-bond acceptors (Lipinski definition) is 4. The van der Waals surface area contributed by atoms with Crippen LogP contribution < -0.4 is 11.1 Å². The van der Waals surface area contributed by atoms with Crippen LogP contribution in [0.1, 0.15) is 47.7 Å². The van der Waals surface area contributed by atoms with Crippen molar-refractivity contribution >= 4 is 29.8 Å². The number of nitrogens with one attached hydrogen (secondary N) is 1. The van der Waals surface area contributed by atoms with E-state index in [1.54, 1.807) is 6.07 Å². The lowest BCUT2D eigenvalue weighted by molar-refractivity contribution is 0.0685. The van der Waals surface area contributed by atoms with Crippen LogP contribution in [0.4, 0.5) is 10.1 Å². The normalized spacial score (nSPS) is 17.0. The highest BCUT2D eigenvalue weighted by atomic mass is 35.5. The number of piperidine rings is 1. The van der Waals surface area contributed by atoms with Crippen molar-refractivity contribution in [2.24, 2.45) is 10.7 Å². The molecule has 0 unspecified atom stereocenters. The number of anilines is 1. The van der Waals surface area contributed by atoms with Crippen LogP contribution in [-0.4, -0.2) is 35.4 Å². The maximum Gasteiger partial charge on any atom is 0.253 e. The average Bonchev–Trinajstić information content (AvgIpc) is 2.68. The molecule has 0 saturated carbocycles. The van der Waals surface area contributed by atoms with Gasteiger partial charge < -0.3 is 16.0 Å². The number of nitrogens with two attached hydrogens (primary N) is 1. The van der Waals surface area contributed by atoms with Gasteiger partial charge in [-0.3, -0.25) is 4.79 Å². The smallest absolute Gasteiger partial charge is 0.253 e. The number of aryl methyl sites for hydroxylation is 1. The summed E-state index contributed by atoms with van der Waals surface area (Å²) < 4.78 is 14.1. The van der Waals surface area contributed by atoms with Gasteiger partial charge in [0.2, 0.25) is 0 Å². The summed E-state index contributed by atoms with van der Waals surface area (Å²) in [6.07, 6.45) is 3.37. The van der Waals surface area contributed by atoms with Crippen LogP contribution in [0.15, 0.2) is 47.5 Å². The SMILES string of the molecule is CCCc1ccc(C(=O)N2CCC3(CC2)N=C(N)c2c(F)cccc2N3)cc1.Cl. The fourth-order valence-corrected chi connectivity index (χ4v) is 4.06. The van der Waals surface area contributed by atoms with E-state index >= 15 is 0 Å². The topological polar surface area (TPSA) is 70.7 Å².